The average Bonchev–Trinajstić information content (AvgIpc) is 2.86. The standard InChI is InChI=1S/C16H11N3O2/c1-9-17-13-8-10(16(20)21)6-7-11(13)15-18-12-4-2-3-5-14(12)19(9)15/h2-8,17H,1H2,(H,20,21). The van der Waals surface area contributed by atoms with Gasteiger partial charge in [-0.15, -0.1) is 0 Å². The summed E-state index contributed by atoms with van der Waals surface area (Å²) in [4.78, 5) is 15.7. The first-order valence-electron chi connectivity index (χ1n) is 6.46. The van der Waals surface area contributed by atoms with E-state index < -0.39 is 5.97 Å². The lowest BCUT2D eigenvalue weighted by Gasteiger charge is -2.22. The zero-order valence-electron chi connectivity index (χ0n) is 11.0. The summed E-state index contributed by atoms with van der Waals surface area (Å²) in [5.74, 6) is 0.477. The summed E-state index contributed by atoms with van der Waals surface area (Å²) in [7, 11) is 0. The van der Waals surface area contributed by atoms with Gasteiger partial charge in [0, 0.05) is 5.56 Å². The maximum atomic E-state index is 11.1. The van der Waals surface area contributed by atoms with Crippen molar-refractivity contribution in [3.8, 4) is 11.4 Å². The maximum absolute atomic E-state index is 11.1. The molecule has 0 bridgehead atoms. The van der Waals surface area contributed by atoms with Crippen molar-refractivity contribution in [3.63, 3.8) is 0 Å². The average molecular weight is 277 g/mol. The molecule has 1 aliphatic heterocycles. The first-order valence-corrected chi connectivity index (χ1v) is 6.46. The largest absolute Gasteiger partial charge is 0.478 e. The van der Waals surface area contributed by atoms with Crippen molar-refractivity contribution in [2.75, 3.05) is 5.32 Å². The fourth-order valence-corrected chi connectivity index (χ4v) is 2.67. The Hall–Kier alpha value is -3.08. The highest BCUT2D eigenvalue weighted by Gasteiger charge is 2.23. The van der Waals surface area contributed by atoms with Crippen molar-refractivity contribution in [1.82, 2.24) is 9.55 Å². The van der Waals surface area contributed by atoms with Crippen LogP contribution in [-0.2, 0) is 0 Å². The summed E-state index contributed by atoms with van der Waals surface area (Å²) < 4.78 is 1.94. The number of para-hydroxylation sites is 2. The Morgan fingerprint density at radius 1 is 1.24 bits per heavy atom. The van der Waals surface area contributed by atoms with Crippen LogP contribution in [-0.4, -0.2) is 20.6 Å². The number of aromatic carboxylic acids is 1. The molecule has 0 aliphatic carbocycles. The van der Waals surface area contributed by atoms with Crippen molar-refractivity contribution in [2.45, 2.75) is 0 Å². The summed E-state index contributed by atoms with van der Waals surface area (Å²) in [5.41, 5.74) is 3.66. The quantitative estimate of drug-likeness (QED) is 0.716. The van der Waals surface area contributed by atoms with Crippen LogP contribution in [0.4, 0.5) is 5.69 Å². The van der Waals surface area contributed by atoms with Gasteiger partial charge in [0.05, 0.1) is 22.3 Å². The minimum Gasteiger partial charge on any atom is -0.478 e. The number of nitrogens with one attached hydrogen (secondary N) is 1. The van der Waals surface area contributed by atoms with Gasteiger partial charge in [-0.2, -0.15) is 0 Å². The van der Waals surface area contributed by atoms with Crippen molar-refractivity contribution < 1.29 is 9.90 Å². The molecule has 2 aromatic carbocycles. The molecule has 102 valence electrons. The van der Waals surface area contributed by atoms with Crippen LogP contribution in [0.5, 0.6) is 0 Å². The number of rotatable bonds is 1. The number of imidazole rings is 1. The number of carboxylic acids is 1. The van der Waals surface area contributed by atoms with E-state index in [2.05, 4.69) is 16.9 Å². The molecule has 0 unspecified atom stereocenters. The Balaban J connectivity index is 2.03. The molecule has 2 heterocycles. The van der Waals surface area contributed by atoms with E-state index >= 15 is 0 Å². The predicted octanol–water partition coefficient (Wildman–Crippen LogP) is 3.26. The molecule has 1 aliphatic rings. The van der Waals surface area contributed by atoms with E-state index in [0.717, 1.165) is 22.4 Å². The molecule has 4 rings (SSSR count). The molecule has 0 saturated heterocycles. The highest BCUT2D eigenvalue weighted by Crippen LogP contribution is 2.37. The second-order valence-corrected chi connectivity index (χ2v) is 4.90. The third-order valence-corrected chi connectivity index (χ3v) is 3.62. The molecule has 5 nitrogen and oxygen atoms in total. The fraction of sp³-hybridized carbons (Fsp3) is 0. The summed E-state index contributed by atoms with van der Waals surface area (Å²) in [6, 6.07) is 12.8. The van der Waals surface area contributed by atoms with Crippen molar-refractivity contribution in [1.29, 1.82) is 0 Å². The lowest BCUT2D eigenvalue weighted by atomic mass is 10.1. The summed E-state index contributed by atoms with van der Waals surface area (Å²) >= 11 is 0. The van der Waals surface area contributed by atoms with E-state index in [-0.39, 0.29) is 5.56 Å². The van der Waals surface area contributed by atoms with Crippen LogP contribution in [0, 0.1) is 0 Å². The summed E-state index contributed by atoms with van der Waals surface area (Å²) in [6.45, 7) is 4.02. The van der Waals surface area contributed by atoms with E-state index in [1.54, 1.807) is 18.2 Å². The third kappa shape index (κ3) is 1.57. The predicted molar refractivity (Wildman–Crippen MR) is 81.1 cm³/mol. The lowest BCUT2D eigenvalue weighted by molar-refractivity contribution is 0.0697. The van der Waals surface area contributed by atoms with Crippen molar-refractivity contribution in [3.05, 3.63) is 54.6 Å². The molecule has 0 fully saturated rings. The number of nitrogens with zero attached hydrogens (tertiary/aromatic N) is 2. The summed E-state index contributed by atoms with van der Waals surface area (Å²) in [6.07, 6.45) is 0. The Labute approximate surface area is 120 Å². The number of hydrogen-bond acceptors (Lipinski definition) is 3. The van der Waals surface area contributed by atoms with Gasteiger partial charge >= 0.3 is 5.97 Å². The molecule has 2 N–H and O–H groups in total. The smallest absolute Gasteiger partial charge is 0.335 e. The van der Waals surface area contributed by atoms with Crippen LogP contribution < -0.4 is 5.32 Å². The van der Waals surface area contributed by atoms with Gasteiger partial charge in [0.25, 0.3) is 0 Å². The van der Waals surface area contributed by atoms with Crippen LogP contribution in [0.3, 0.4) is 0 Å². The molecule has 0 radical (unpaired) electrons. The van der Waals surface area contributed by atoms with Crippen LogP contribution >= 0.6 is 0 Å². The molecule has 3 aromatic rings. The molecule has 0 amide bonds. The summed E-state index contributed by atoms with van der Waals surface area (Å²) in [5, 5.41) is 12.2. The SMILES string of the molecule is C=C1Nc2cc(C(=O)O)ccc2-c2nc3ccccc3n21. The molecule has 0 spiro atoms. The van der Waals surface area contributed by atoms with Gasteiger partial charge in [0.15, 0.2) is 0 Å². The first kappa shape index (κ1) is 11.7. The lowest BCUT2D eigenvalue weighted by Crippen LogP contribution is -2.14. The van der Waals surface area contributed by atoms with Crippen LogP contribution in [0.15, 0.2) is 49.0 Å². The number of aromatic nitrogens is 2. The highest BCUT2D eigenvalue weighted by atomic mass is 16.4. The molecule has 0 saturated carbocycles. The van der Waals surface area contributed by atoms with Gasteiger partial charge in [-0.1, -0.05) is 18.7 Å². The van der Waals surface area contributed by atoms with E-state index in [4.69, 9.17) is 5.11 Å². The van der Waals surface area contributed by atoms with Gasteiger partial charge < -0.3 is 10.4 Å². The second kappa shape index (κ2) is 3.96. The monoisotopic (exact) mass is 277 g/mol. The molecular formula is C16H11N3O2. The molecule has 0 atom stereocenters. The maximum Gasteiger partial charge on any atom is 0.335 e. The van der Waals surface area contributed by atoms with E-state index in [1.807, 2.05) is 28.8 Å². The minimum atomic E-state index is -0.954. The van der Waals surface area contributed by atoms with Crippen LogP contribution in [0.1, 0.15) is 10.4 Å². The number of benzene rings is 2. The van der Waals surface area contributed by atoms with Crippen LogP contribution in [0.25, 0.3) is 28.2 Å². The van der Waals surface area contributed by atoms with Gasteiger partial charge in [0.1, 0.15) is 11.6 Å². The zero-order chi connectivity index (χ0) is 14.6. The van der Waals surface area contributed by atoms with Gasteiger partial charge in [-0.25, -0.2) is 9.78 Å². The van der Waals surface area contributed by atoms with Gasteiger partial charge in [0.2, 0.25) is 0 Å². The fourth-order valence-electron chi connectivity index (χ4n) is 2.67. The minimum absolute atomic E-state index is 0.235. The molecular weight excluding hydrogens is 266 g/mol. The zero-order valence-corrected chi connectivity index (χ0v) is 11.0. The van der Waals surface area contributed by atoms with Crippen LogP contribution in [0.2, 0.25) is 0 Å². The first-order chi connectivity index (χ1) is 10.1. The van der Waals surface area contributed by atoms with Gasteiger partial charge in [-0.05, 0) is 30.3 Å². The third-order valence-electron chi connectivity index (χ3n) is 3.62. The van der Waals surface area contributed by atoms with E-state index in [0.29, 0.717) is 11.5 Å². The molecule has 5 heteroatoms. The van der Waals surface area contributed by atoms with Crippen molar-refractivity contribution in [2.24, 2.45) is 0 Å². The Morgan fingerprint density at radius 2 is 2.05 bits per heavy atom. The molecule has 21 heavy (non-hydrogen) atoms. The highest BCUT2D eigenvalue weighted by molar-refractivity contribution is 5.97. The number of carbonyl (C=O) groups is 1. The van der Waals surface area contributed by atoms with E-state index in [9.17, 15) is 4.79 Å². The van der Waals surface area contributed by atoms with Gasteiger partial charge in [-0.3, -0.25) is 4.57 Å². The number of hydrogen-bond donors (Lipinski definition) is 2. The Morgan fingerprint density at radius 3 is 2.86 bits per heavy atom. The number of carboxylic acid groups (broad SMARTS) is 1. The van der Waals surface area contributed by atoms with E-state index in [1.165, 1.54) is 0 Å². The number of anilines is 1. The number of fused-ring (bicyclic) bond motifs is 5. The Kier molecular flexibility index (Phi) is 2.21. The normalized spacial score (nSPS) is 12.7. The van der Waals surface area contributed by atoms with Crippen molar-refractivity contribution >= 4 is 28.5 Å². The molecule has 1 aromatic heterocycles. The topological polar surface area (TPSA) is 67.2 Å². The Bertz CT molecular complexity index is 924. The second-order valence-electron chi connectivity index (χ2n) is 4.90.